The van der Waals surface area contributed by atoms with Crippen LogP contribution in [0.3, 0.4) is 0 Å². The van der Waals surface area contributed by atoms with Crippen LogP contribution in [-0.2, 0) is 0 Å². The van der Waals surface area contributed by atoms with Gasteiger partial charge in [-0.05, 0) is 37.1 Å². The first-order valence-electron chi connectivity index (χ1n) is 8.46. The summed E-state index contributed by atoms with van der Waals surface area (Å²) in [4.78, 5) is 16.6. The molecule has 1 amide bonds. The van der Waals surface area contributed by atoms with Crippen molar-refractivity contribution >= 4 is 11.7 Å². The highest BCUT2D eigenvalue weighted by Crippen LogP contribution is 2.35. The molecule has 1 aliphatic rings. The summed E-state index contributed by atoms with van der Waals surface area (Å²) in [5.74, 6) is 0.465. The summed E-state index contributed by atoms with van der Waals surface area (Å²) in [6, 6.07) is 4.32. The van der Waals surface area contributed by atoms with Crippen molar-refractivity contribution in [1.29, 1.82) is 0 Å². The fraction of sp³-hybridized carbons (Fsp3) is 0.444. The number of nitrogens with zero attached hydrogens (tertiary/aromatic N) is 3. The van der Waals surface area contributed by atoms with Gasteiger partial charge in [0, 0.05) is 32.7 Å². The molecule has 1 saturated heterocycles. The molecule has 3 rings (SSSR count). The standard InChI is InChI=1S/C18H23FN4O3/c1-22(2)17-15(18(24)23-7-6-11(9-20)10-23)16(26-21-17)12-4-5-13(19)14(8-12)25-3/h4-5,8,11H,6-7,9-10,20H2,1-3H3. The Labute approximate surface area is 151 Å². The Hall–Kier alpha value is -2.61. The average Bonchev–Trinajstić information content (AvgIpc) is 3.28. The SMILES string of the molecule is COc1cc(-c2onc(N(C)C)c2C(=O)N2CCC(CN)C2)ccc1F. The fourth-order valence-electron chi connectivity index (χ4n) is 3.15. The summed E-state index contributed by atoms with van der Waals surface area (Å²) in [6.07, 6.45) is 0.879. The van der Waals surface area contributed by atoms with Crippen LogP contribution in [0.15, 0.2) is 22.7 Å². The fourth-order valence-corrected chi connectivity index (χ4v) is 3.15. The van der Waals surface area contributed by atoms with E-state index in [4.69, 9.17) is 15.0 Å². The largest absolute Gasteiger partial charge is 0.494 e. The van der Waals surface area contributed by atoms with E-state index in [0.29, 0.717) is 48.3 Å². The van der Waals surface area contributed by atoms with Crippen LogP contribution >= 0.6 is 0 Å². The highest BCUT2D eigenvalue weighted by atomic mass is 19.1. The number of halogens is 1. The van der Waals surface area contributed by atoms with E-state index < -0.39 is 5.82 Å². The predicted octanol–water partition coefficient (Wildman–Crippen LogP) is 1.98. The van der Waals surface area contributed by atoms with Crippen molar-refractivity contribution in [2.24, 2.45) is 11.7 Å². The normalized spacial score (nSPS) is 16.8. The molecule has 2 N–H and O–H groups in total. The number of carbonyl (C=O) groups is 1. The Bertz CT molecular complexity index is 806. The highest BCUT2D eigenvalue weighted by molar-refractivity contribution is 6.04. The van der Waals surface area contributed by atoms with Crippen LogP contribution in [0, 0.1) is 11.7 Å². The number of anilines is 1. The van der Waals surface area contributed by atoms with Gasteiger partial charge in [0.25, 0.3) is 5.91 Å². The second kappa shape index (κ2) is 7.33. The van der Waals surface area contributed by atoms with Crippen molar-refractivity contribution in [2.45, 2.75) is 6.42 Å². The van der Waals surface area contributed by atoms with Crippen LogP contribution in [0.1, 0.15) is 16.8 Å². The Morgan fingerprint density at radius 3 is 2.88 bits per heavy atom. The minimum Gasteiger partial charge on any atom is -0.494 e. The summed E-state index contributed by atoms with van der Waals surface area (Å²) in [7, 11) is 4.96. The zero-order chi connectivity index (χ0) is 18.8. The minimum absolute atomic E-state index is 0.0769. The van der Waals surface area contributed by atoms with Crippen LogP contribution in [0.2, 0.25) is 0 Å². The van der Waals surface area contributed by atoms with E-state index >= 15 is 0 Å². The molecule has 1 atom stereocenters. The van der Waals surface area contributed by atoms with E-state index in [9.17, 15) is 9.18 Å². The van der Waals surface area contributed by atoms with Crippen LogP contribution < -0.4 is 15.4 Å². The Kier molecular flexibility index (Phi) is 5.13. The first kappa shape index (κ1) is 18.2. The van der Waals surface area contributed by atoms with Crippen molar-refractivity contribution in [3.05, 3.63) is 29.6 Å². The zero-order valence-corrected chi connectivity index (χ0v) is 15.2. The number of nitrogens with two attached hydrogens (primary N) is 1. The topological polar surface area (TPSA) is 84.8 Å². The molecular weight excluding hydrogens is 339 g/mol. The first-order chi connectivity index (χ1) is 12.5. The van der Waals surface area contributed by atoms with Gasteiger partial charge >= 0.3 is 0 Å². The predicted molar refractivity (Wildman–Crippen MR) is 95.8 cm³/mol. The number of carbonyl (C=O) groups excluding carboxylic acids is 1. The Morgan fingerprint density at radius 1 is 1.50 bits per heavy atom. The molecule has 140 valence electrons. The van der Waals surface area contributed by atoms with Crippen molar-refractivity contribution in [1.82, 2.24) is 10.1 Å². The van der Waals surface area contributed by atoms with Gasteiger partial charge in [-0.3, -0.25) is 4.79 Å². The third-order valence-electron chi connectivity index (χ3n) is 4.63. The smallest absolute Gasteiger partial charge is 0.261 e. The molecule has 1 aromatic carbocycles. The summed E-state index contributed by atoms with van der Waals surface area (Å²) < 4.78 is 24.2. The number of amides is 1. The van der Waals surface area contributed by atoms with Gasteiger partial charge < -0.3 is 24.8 Å². The second-order valence-electron chi connectivity index (χ2n) is 6.60. The quantitative estimate of drug-likeness (QED) is 0.875. The van der Waals surface area contributed by atoms with E-state index in [1.165, 1.54) is 19.2 Å². The summed E-state index contributed by atoms with van der Waals surface area (Å²) >= 11 is 0. The maximum atomic E-state index is 13.7. The lowest BCUT2D eigenvalue weighted by Crippen LogP contribution is -2.31. The lowest BCUT2D eigenvalue weighted by molar-refractivity contribution is 0.0788. The highest BCUT2D eigenvalue weighted by Gasteiger charge is 2.33. The zero-order valence-electron chi connectivity index (χ0n) is 15.2. The third kappa shape index (κ3) is 3.24. The van der Waals surface area contributed by atoms with Gasteiger partial charge in [0.2, 0.25) is 0 Å². The molecule has 1 unspecified atom stereocenters. The number of aromatic nitrogens is 1. The number of benzene rings is 1. The second-order valence-corrected chi connectivity index (χ2v) is 6.60. The summed E-state index contributed by atoms with van der Waals surface area (Å²) in [5, 5.41) is 4.05. The Morgan fingerprint density at radius 2 is 2.27 bits per heavy atom. The van der Waals surface area contributed by atoms with E-state index in [-0.39, 0.29) is 11.7 Å². The van der Waals surface area contributed by atoms with Gasteiger partial charge in [-0.15, -0.1) is 0 Å². The number of likely N-dealkylation sites (tertiary alicyclic amines) is 1. The maximum absolute atomic E-state index is 13.7. The van der Waals surface area contributed by atoms with E-state index in [2.05, 4.69) is 5.16 Å². The van der Waals surface area contributed by atoms with E-state index in [1.807, 2.05) is 0 Å². The van der Waals surface area contributed by atoms with Gasteiger partial charge in [0.15, 0.2) is 23.1 Å². The van der Waals surface area contributed by atoms with Crippen molar-refractivity contribution < 1.29 is 18.4 Å². The van der Waals surface area contributed by atoms with Crippen LogP contribution in [0.5, 0.6) is 5.75 Å². The molecule has 8 heteroatoms. The molecule has 0 spiro atoms. The first-order valence-corrected chi connectivity index (χ1v) is 8.46. The van der Waals surface area contributed by atoms with Crippen LogP contribution in [0.25, 0.3) is 11.3 Å². The third-order valence-corrected chi connectivity index (χ3v) is 4.63. The molecule has 2 aromatic rings. The molecule has 1 fully saturated rings. The number of rotatable bonds is 5. The lowest BCUT2D eigenvalue weighted by Gasteiger charge is -2.18. The van der Waals surface area contributed by atoms with E-state index in [0.717, 1.165) is 6.42 Å². The molecule has 26 heavy (non-hydrogen) atoms. The number of hydrogen-bond donors (Lipinski definition) is 1. The molecule has 0 aliphatic carbocycles. The number of hydrogen-bond acceptors (Lipinski definition) is 6. The van der Waals surface area contributed by atoms with Gasteiger partial charge in [-0.2, -0.15) is 0 Å². The van der Waals surface area contributed by atoms with Crippen molar-refractivity contribution in [3.8, 4) is 17.1 Å². The maximum Gasteiger partial charge on any atom is 0.261 e. The summed E-state index contributed by atoms with van der Waals surface area (Å²) in [5.41, 5.74) is 6.63. The lowest BCUT2D eigenvalue weighted by atomic mass is 10.1. The van der Waals surface area contributed by atoms with Crippen LogP contribution in [0.4, 0.5) is 10.2 Å². The van der Waals surface area contributed by atoms with Gasteiger partial charge in [0.05, 0.1) is 7.11 Å². The molecule has 1 aromatic heterocycles. The molecule has 2 heterocycles. The molecule has 7 nitrogen and oxygen atoms in total. The molecule has 0 bridgehead atoms. The van der Waals surface area contributed by atoms with Crippen molar-refractivity contribution in [2.75, 3.05) is 45.7 Å². The molecule has 0 saturated carbocycles. The molecule has 1 aliphatic heterocycles. The molecule has 0 radical (unpaired) electrons. The van der Waals surface area contributed by atoms with Crippen LogP contribution in [-0.4, -0.2) is 56.8 Å². The molecular formula is C18H23FN4O3. The average molecular weight is 362 g/mol. The van der Waals surface area contributed by atoms with Gasteiger partial charge in [-0.25, -0.2) is 4.39 Å². The number of ether oxygens (including phenoxy) is 1. The van der Waals surface area contributed by atoms with Crippen molar-refractivity contribution in [3.63, 3.8) is 0 Å². The summed E-state index contributed by atoms with van der Waals surface area (Å²) in [6.45, 7) is 1.81. The van der Waals surface area contributed by atoms with Gasteiger partial charge in [0.1, 0.15) is 5.56 Å². The Balaban J connectivity index is 2.04. The van der Waals surface area contributed by atoms with E-state index in [1.54, 1.807) is 30.0 Å². The monoisotopic (exact) mass is 362 g/mol. The number of methoxy groups -OCH3 is 1. The minimum atomic E-state index is -0.484. The van der Waals surface area contributed by atoms with Gasteiger partial charge in [-0.1, -0.05) is 5.16 Å².